The molecule has 1 N–H and O–H groups in total. The maximum absolute atomic E-state index is 5.08. The molecule has 0 spiro atoms. The van der Waals surface area contributed by atoms with Gasteiger partial charge in [0, 0.05) is 23.6 Å². The molecule has 6 nitrogen and oxygen atoms in total. The van der Waals surface area contributed by atoms with Gasteiger partial charge in [0.2, 0.25) is 0 Å². The van der Waals surface area contributed by atoms with Crippen LogP contribution in [0, 0.1) is 10.8 Å². The van der Waals surface area contributed by atoms with Gasteiger partial charge in [-0.3, -0.25) is 4.99 Å². The molecular weight excluding hydrogens is 288 g/mol. The average Bonchev–Trinajstić information content (AvgIpc) is 3.02. The first kappa shape index (κ1) is 16.1. The van der Waals surface area contributed by atoms with Crippen LogP contribution >= 0.6 is 0 Å². The monoisotopic (exact) mass is 316 g/mol. The largest absolute Gasteiger partial charge is 0.333 e. The Hall–Kier alpha value is -1.72. The molecule has 1 saturated heterocycles. The van der Waals surface area contributed by atoms with Crippen molar-refractivity contribution in [2.24, 2.45) is 15.8 Å². The summed E-state index contributed by atoms with van der Waals surface area (Å²) < 4.78 is 0. The Morgan fingerprint density at radius 1 is 1.09 bits per heavy atom. The number of fused-ring (bicyclic) bond motifs is 1. The molecule has 0 radical (unpaired) electrons. The molecule has 1 aromatic heterocycles. The first-order valence-corrected chi connectivity index (χ1v) is 8.42. The minimum absolute atomic E-state index is 0.0253. The van der Waals surface area contributed by atoms with Crippen LogP contribution in [-0.2, 0) is 0 Å². The Balaban J connectivity index is 2.07. The van der Waals surface area contributed by atoms with Gasteiger partial charge in [-0.1, -0.05) is 41.5 Å². The van der Waals surface area contributed by atoms with Gasteiger partial charge in [0.05, 0.1) is 6.04 Å². The molecule has 0 amide bonds. The van der Waals surface area contributed by atoms with Crippen molar-refractivity contribution in [3.05, 3.63) is 17.1 Å². The van der Waals surface area contributed by atoms with Gasteiger partial charge >= 0.3 is 0 Å². The number of rotatable bonds is 1. The number of nitrogens with zero attached hydrogens (tertiary/aromatic N) is 5. The Morgan fingerprint density at radius 2 is 1.78 bits per heavy atom. The van der Waals surface area contributed by atoms with Crippen molar-refractivity contribution >= 4 is 5.84 Å². The number of aliphatic imine (C=N–C) groups is 1. The van der Waals surface area contributed by atoms with E-state index in [2.05, 4.69) is 74.0 Å². The lowest BCUT2D eigenvalue weighted by atomic mass is 9.79. The maximum Gasteiger partial charge on any atom is 0.153 e. The van der Waals surface area contributed by atoms with Crippen molar-refractivity contribution < 1.29 is 0 Å². The zero-order chi connectivity index (χ0) is 17.0. The number of allylic oxidation sites excluding steroid dienone is 1. The van der Waals surface area contributed by atoms with Gasteiger partial charge in [0.15, 0.2) is 5.82 Å². The van der Waals surface area contributed by atoms with E-state index in [0.29, 0.717) is 5.92 Å². The fraction of sp³-hybridized carbons (Fsp3) is 0.765. The predicted molar refractivity (Wildman–Crippen MR) is 91.1 cm³/mol. The third kappa shape index (κ3) is 2.79. The van der Waals surface area contributed by atoms with Crippen LogP contribution in [0.15, 0.2) is 16.3 Å². The minimum atomic E-state index is 0.0253. The van der Waals surface area contributed by atoms with Crippen LogP contribution in [0.4, 0.5) is 0 Å². The zero-order valence-electron chi connectivity index (χ0n) is 15.3. The fourth-order valence-electron chi connectivity index (χ4n) is 3.95. The molecule has 0 bridgehead atoms. The highest BCUT2D eigenvalue weighted by Gasteiger charge is 2.43. The fourth-order valence-corrected chi connectivity index (χ4v) is 3.95. The molecule has 3 rings (SSSR count). The van der Waals surface area contributed by atoms with Gasteiger partial charge < -0.3 is 4.90 Å². The van der Waals surface area contributed by atoms with Crippen molar-refractivity contribution in [3.63, 3.8) is 0 Å². The van der Waals surface area contributed by atoms with Crippen LogP contribution in [0.5, 0.6) is 0 Å². The summed E-state index contributed by atoms with van der Waals surface area (Å²) in [6.45, 7) is 16.7. The smallest absolute Gasteiger partial charge is 0.153 e. The zero-order valence-corrected chi connectivity index (χ0v) is 15.3. The van der Waals surface area contributed by atoms with Gasteiger partial charge in [-0.25, -0.2) is 5.10 Å². The Morgan fingerprint density at radius 3 is 2.30 bits per heavy atom. The second-order valence-electron chi connectivity index (χ2n) is 8.79. The number of tetrazole rings is 1. The standard InChI is InChI=1S/C17H28N6/c1-10-13(16(2,3)4)12-8-11(14-19-21-22-20-14)9-23(12)15(18-10)17(5,6)7/h10-11H,8-9H2,1-7H3,(H,19,20,21,22)/t10-,11-/m0/s1. The van der Waals surface area contributed by atoms with Gasteiger partial charge in [0.1, 0.15) is 5.84 Å². The first-order valence-electron chi connectivity index (χ1n) is 8.42. The molecular formula is C17H28N6. The molecule has 2 atom stereocenters. The van der Waals surface area contributed by atoms with Crippen molar-refractivity contribution in [3.8, 4) is 0 Å². The van der Waals surface area contributed by atoms with E-state index in [1.165, 1.54) is 17.1 Å². The van der Waals surface area contributed by atoms with E-state index < -0.39 is 0 Å². The lowest BCUT2D eigenvalue weighted by Crippen LogP contribution is -2.43. The van der Waals surface area contributed by atoms with Gasteiger partial charge in [-0.2, -0.15) is 0 Å². The highest BCUT2D eigenvalue weighted by atomic mass is 15.5. The number of aromatic nitrogens is 4. The van der Waals surface area contributed by atoms with E-state index in [1.54, 1.807) is 0 Å². The Bertz CT molecular complexity index is 642. The third-order valence-electron chi connectivity index (χ3n) is 4.70. The molecule has 6 heteroatoms. The van der Waals surface area contributed by atoms with Crippen LogP contribution in [0.3, 0.4) is 0 Å². The van der Waals surface area contributed by atoms with Crippen LogP contribution in [0.1, 0.15) is 66.6 Å². The van der Waals surface area contributed by atoms with E-state index in [4.69, 9.17) is 4.99 Å². The van der Waals surface area contributed by atoms with Crippen LogP contribution < -0.4 is 0 Å². The van der Waals surface area contributed by atoms with E-state index in [9.17, 15) is 0 Å². The Labute approximate surface area is 138 Å². The van der Waals surface area contributed by atoms with E-state index in [-0.39, 0.29) is 16.9 Å². The van der Waals surface area contributed by atoms with Gasteiger partial charge in [-0.15, -0.1) is 5.10 Å². The predicted octanol–water partition coefficient (Wildman–Crippen LogP) is 3.14. The van der Waals surface area contributed by atoms with Crippen LogP contribution in [-0.4, -0.2) is 43.9 Å². The van der Waals surface area contributed by atoms with Crippen molar-refractivity contribution in [1.29, 1.82) is 0 Å². The summed E-state index contributed by atoms with van der Waals surface area (Å²) in [6, 6.07) is 0.224. The number of amidine groups is 1. The van der Waals surface area contributed by atoms with Crippen LogP contribution in [0.2, 0.25) is 0 Å². The second kappa shape index (κ2) is 5.14. The summed E-state index contributed by atoms with van der Waals surface area (Å²) in [4.78, 5) is 7.51. The summed E-state index contributed by atoms with van der Waals surface area (Å²) in [5.74, 6) is 2.36. The molecule has 0 unspecified atom stereocenters. The molecule has 3 heterocycles. The highest BCUT2D eigenvalue weighted by molar-refractivity contribution is 5.90. The summed E-state index contributed by atoms with van der Waals surface area (Å²) in [5, 5.41) is 14.6. The molecule has 2 aliphatic rings. The van der Waals surface area contributed by atoms with E-state index in [0.717, 1.165) is 18.8 Å². The van der Waals surface area contributed by atoms with E-state index in [1.807, 2.05) is 0 Å². The number of H-pyrrole nitrogens is 1. The maximum atomic E-state index is 5.08. The van der Waals surface area contributed by atoms with Gasteiger partial charge in [-0.05, 0) is 34.8 Å². The van der Waals surface area contributed by atoms with Crippen LogP contribution in [0.25, 0.3) is 0 Å². The van der Waals surface area contributed by atoms with Crippen molar-refractivity contribution in [2.45, 2.75) is 66.8 Å². The topological polar surface area (TPSA) is 70.1 Å². The summed E-state index contributed by atoms with van der Waals surface area (Å²) >= 11 is 0. The summed E-state index contributed by atoms with van der Waals surface area (Å²) in [7, 11) is 0. The molecule has 0 aliphatic carbocycles. The second-order valence-corrected chi connectivity index (χ2v) is 8.79. The lowest BCUT2D eigenvalue weighted by Gasteiger charge is -2.41. The third-order valence-corrected chi connectivity index (χ3v) is 4.70. The highest BCUT2D eigenvalue weighted by Crippen LogP contribution is 2.45. The van der Waals surface area contributed by atoms with Crippen molar-refractivity contribution in [2.75, 3.05) is 6.54 Å². The molecule has 126 valence electrons. The number of nitrogens with one attached hydrogen (secondary N) is 1. The van der Waals surface area contributed by atoms with E-state index >= 15 is 0 Å². The molecule has 0 aromatic carbocycles. The minimum Gasteiger partial charge on any atom is -0.333 e. The summed E-state index contributed by atoms with van der Waals surface area (Å²) in [5.41, 5.74) is 3.00. The van der Waals surface area contributed by atoms with Crippen molar-refractivity contribution in [1.82, 2.24) is 25.5 Å². The number of hydrogen-bond donors (Lipinski definition) is 1. The molecule has 1 fully saturated rings. The Kier molecular flexibility index (Phi) is 3.61. The number of hydrogen-bond acceptors (Lipinski definition) is 5. The SMILES string of the molecule is C[C@@H]1N=C(C(C)(C)C)N2C[C@@H](c3nnn[nH]3)CC2=C1C(C)(C)C. The number of aromatic amines is 1. The van der Waals surface area contributed by atoms with Gasteiger partial charge in [0.25, 0.3) is 0 Å². The first-order chi connectivity index (χ1) is 10.6. The normalized spacial score (nSPS) is 25.7. The lowest BCUT2D eigenvalue weighted by molar-refractivity contribution is 0.394. The molecule has 0 saturated carbocycles. The molecule has 23 heavy (non-hydrogen) atoms. The quantitative estimate of drug-likeness (QED) is 0.864. The summed E-state index contributed by atoms with van der Waals surface area (Å²) in [6.07, 6.45) is 0.975. The molecule has 1 aromatic rings. The molecule has 2 aliphatic heterocycles. The average molecular weight is 316 g/mol.